The quantitative estimate of drug-likeness (QED) is 0.869. The molecule has 5 rings (SSSR count). The van der Waals surface area contributed by atoms with E-state index in [1.165, 1.54) is 12.0 Å². The molecule has 0 aliphatic carbocycles. The van der Waals surface area contributed by atoms with Gasteiger partial charge in [-0.1, -0.05) is 12.1 Å². The number of aryl methyl sites for hydroxylation is 1. The number of aromatic nitrogens is 2. The molecule has 5 nitrogen and oxygen atoms in total. The lowest BCUT2D eigenvalue weighted by Gasteiger charge is -2.56. The van der Waals surface area contributed by atoms with Gasteiger partial charge in [0, 0.05) is 37.9 Å². The van der Waals surface area contributed by atoms with Crippen LogP contribution in [-0.2, 0) is 6.54 Å². The number of hydrogen-bond donors (Lipinski definition) is 0. The zero-order valence-electron chi connectivity index (χ0n) is 13.2. The van der Waals surface area contributed by atoms with Crippen LogP contribution in [0.15, 0.2) is 36.5 Å². The number of fused-ring (bicyclic) bond motifs is 2. The molecule has 3 saturated heterocycles. The summed E-state index contributed by atoms with van der Waals surface area (Å²) < 4.78 is 0. The van der Waals surface area contributed by atoms with Crippen LogP contribution in [0, 0.1) is 18.3 Å². The molecule has 116 valence electrons. The van der Waals surface area contributed by atoms with Crippen molar-refractivity contribution in [2.24, 2.45) is 0 Å². The van der Waals surface area contributed by atoms with Gasteiger partial charge in [-0.25, -0.2) is 9.97 Å². The van der Waals surface area contributed by atoms with Gasteiger partial charge in [0.2, 0.25) is 0 Å². The first-order valence-corrected chi connectivity index (χ1v) is 8.02. The van der Waals surface area contributed by atoms with E-state index >= 15 is 0 Å². The molecule has 1 aromatic heterocycles. The maximum absolute atomic E-state index is 8.88. The van der Waals surface area contributed by atoms with Gasteiger partial charge in [0.05, 0.1) is 11.6 Å². The number of nitrogens with zero attached hydrogens (tertiary/aromatic N) is 5. The number of hydrogen-bond acceptors (Lipinski definition) is 5. The average Bonchev–Trinajstić information content (AvgIpc) is 2.60. The minimum Gasteiger partial charge on any atom is -0.353 e. The summed E-state index contributed by atoms with van der Waals surface area (Å²) in [5, 5.41) is 8.88. The molecule has 2 atom stereocenters. The normalized spacial score (nSPS) is 23.2. The van der Waals surface area contributed by atoms with Crippen LogP contribution in [0.3, 0.4) is 0 Å². The van der Waals surface area contributed by atoms with Crippen LogP contribution in [-0.4, -0.2) is 40.0 Å². The Hall–Kier alpha value is -2.45. The van der Waals surface area contributed by atoms with Crippen molar-refractivity contribution < 1.29 is 0 Å². The standard InChI is InChI=1S/C18H19N5/c1-13-20-7-6-18(21-13)22-11-16-8-17(12-22)23(16)10-15-4-2-14(9-19)3-5-15/h2-7,16-17H,8,10-12H2,1H3. The Balaban J connectivity index is 1.42. The van der Waals surface area contributed by atoms with E-state index in [0.29, 0.717) is 12.1 Å². The van der Waals surface area contributed by atoms with Crippen LogP contribution in [0.5, 0.6) is 0 Å². The van der Waals surface area contributed by atoms with E-state index in [4.69, 9.17) is 5.26 Å². The van der Waals surface area contributed by atoms with Crippen molar-refractivity contribution in [1.29, 1.82) is 5.26 Å². The summed E-state index contributed by atoms with van der Waals surface area (Å²) in [6.45, 7) is 4.97. The molecule has 0 spiro atoms. The average molecular weight is 305 g/mol. The molecule has 3 aliphatic heterocycles. The van der Waals surface area contributed by atoms with Gasteiger partial charge >= 0.3 is 0 Å². The summed E-state index contributed by atoms with van der Waals surface area (Å²) in [6.07, 6.45) is 3.11. The molecule has 0 radical (unpaired) electrons. The number of piperazine rings is 1. The third-order valence-electron chi connectivity index (χ3n) is 4.88. The van der Waals surface area contributed by atoms with Crippen molar-refractivity contribution in [3.8, 4) is 6.07 Å². The van der Waals surface area contributed by atoms with Gasteiger partial charge in [-0.3, -0.25) is 4.90 Å². The van der Waals surface area contributed by atoms with E-state index in [-0.39, 0.29) is 0 Å². The molecule has 2 aromatic rings. The molecule has 5 heteroatoms. The van der Waals surface area contributed by atoms with Crippen molar-refractivity contribution in [3.05, 3.63) is 53.5 Å². The maximum Gasteiger partial charge on any atom is 0.132 e. The third kappa shape index (κ3) is 2.66. The maximum atomic E-state index is 8.88. The highest BCUT2D eigenvalue weighted by Gasteiger charge is 2.44. The number of nitriles is 1. The van der Waals surface area contributed by atoms with E-state index < -0.39 is 0 Å². The first-order valence-electron chi connectivity index (χ1n) is 8.02. The summed E-state index contributed by atoms with van der Waals surface area (Å²) in [5.41, 5.74) is 2.01. The Kier molecular flexibility index (Phi) is 3.47. The summed E-state index contributed by atoms with van der Waals surface area (Å²) in [6, 6.07) is 13.3. The van der Waals surface area contributed by atoms with Crippen molar-refractivity contribution in [2.75, 3.05) is 18.0 Å². The van der Waals surface area contributed by atoms with E-state index in [2.05, 4.69) is 38.0 Å². The largest absolute Gasteiger partial charge is 0.353 e. The number of piperidine rings is 1. The second-order valence-electron chi connectivity index (χ2n) is 6.39. The number of rotatable bonds is 3. The van der Waals surface area contributed by atoms with E-state index in [0.717, 1.165) is 36.8 Å². The Morgan fingerprint density at radius 3 is 2.57 bits per heavy atom. The molecule has 3 fully saturated rings. The fraction of sp³-hybridized carbons (Fsp3) is 0.389. The molecule has 4 heterocycles. The van der Waals surface area contributed by atoms with Crippen molar-refractivity contribution >= 4 is 5.82 Å². The summed E-state index contributed by atoms with van der Waals surface area (Å²) in [4.78, 5) is 13.7. The number of benzene rings is 1. The fourth-order valence-corrected chi connectivity index (χ4v) is 3.65. The topological polar surface area (TPSA) is 56.1 Å². The monoisotopic (exact) mass is 305 g/mol. The molecule has 3 aliphatic rings. The predicted octanol–water partition coefficient (Wildman–Crippen LogP) is 2.12. The molecule has 0 amide bonds. The van der Waals surface area contributed by atoms with Crippen molar-refractivity contribution in [1.82, 2.24) is 14.9 Å². The van der Waals surface area contributed by atoms with Gasteiger partial charge in [-0.05, 0) is 37.1 Å². The minimum absolute atomic E-state index is 0.597. The molecular formula is C18H19N5. The van der Waals surface area contributed by atoms with Gasteiger partial charge in [-0.2, -0.15) is 5.26 Å². The van der Waals surface area contributed by atoms with Gasteiger partial charge in [-0.15, -0.1) is 0 Å². The van der Waals surface area contributed by atoms with E-state index in [1.807, 2.05) is 31.3 Å². The van der Waals surface area contributed by atoms with Gasteiger partial charge in [0.1, 0.15) is 11.6 Å². The van der Waals surface area contributed by atoms with Crippen LogP contribution in [0.2, 0.25) is 0 Å². The van der Waals surface area contributed by atoms with Crippen LogP contribution in [0.1, 0.15) is 23.4 Å². The first-order chi connectivity index (χ1) is 11.2. The van der Waals surface area contributed by atoms with Gasteiger partial charge in [0.25, 0.3) is 0 Å². The SMILES string of the molecule is Cc1nccc(N2CC3CC(C2)N3Cc2ccc(C#N)cc2)n1. The predicted molar refractivity (Wildman–Crippen MR) is 87.9 cm³/mol. The highest BCUT2D eigenvalue weighted by molar-refractivity contribution is 5.40. The van der Waals surface area contributed by atoms with Gasteiger partial charge < -0.3 is 4.90 Å². The molecular weight excluding hydrogens is 286 g/mol. The summed E-state index contributed by atoms with van der Waals surface area (Å²) >= 11 is 0. The lowest BCUT2D eigenvalue weighted by atomic mass is 9.86. The van der Waals surface area contributed by atoms with E-state index in [1.54, 1.807) is 0 Å². The Labute approximate surface area is 136 Å². The lowest BCUT2D eigenvalue weighted by molar-refractivity contribution is -0.00869. The van der Waals surface area contributed by atoms with Crippen LogP contribution < -0.4 is 4.90 Å². The van der Waals surface area contributed by atoms with E-state index in [9.17, 15) is 0 Å². The summed E-state index contributed by atoms with van der Waals surface area (Å²) in [5.74, 6) is 1.88. The zero-order chi connectivity index (χ0) is 15.8. The number of anilines is 1. The third-order valence-corrected chi connectivity index (χ3v) is 4.88. The smallest absolute Gasteiger partial charge is 0.132 e. The zero-order valence-corrected chi connectivity index (χ0v) is 13.2. The summed E-state index contributed by atoms with van der Waals surface area (Å²) in [7, 11) is 0. The van der Waals surface area contributed by atoms with Gasteiger partial charge in [0.15, 0.2) is 0 Å². The first kappa shape index (κ1) is 14.2. The molecule has 1 aromatic carbocycles. The van der Waals surface area contributed by atoms with Crippen LogP contribution >= 0.6 is 0 Å². The lowest BCUT2D eigenvalue weighted by Crippen LogP contribution is -2.68. The Morgan fingerprint density at radius 1 is 1.17 bits per heavy atom. The van der Waals surface area contributed by atoms with Crippen molar-refractivity contribution in [3.63, 3.8) is 0 Å². The van der Waals surface area contributed by atoms with Crippen LogP contribution in [0.25, 0.3) is 0 Å². The molecule has 0 N–H and O–H groups in total. The molecule has 2 bridgehead atoms. The minimum atomic E-state index is 0.597. The second-order valence-corrected chi connectivity index (χ2v) is 6.39. The molecule has 23 heavy (non-hydrogen) atoms. The fourth-order valence-electron chi connectivity index (χ4n) is 3.65. The van der Waals surface area contributed by atoms with Crippen LogP contribution in [0.4, 0.5) is 5.82 Å². The second kappa shape index (κ2) is 5.64. The molecule has 0 saturated carbocycles. The Bertz CT molecular complexity index is 737. The van der Waals surface area contributed by atoms with Crippen molar-refractivity contribution in [2.45, 2.75) is 32.0 Å². The molecule has 2 unspecified atom stereocenters. The highest BCUT2D eigenvalue weighted by atomic mass is 15.4. The highest BCUT2D eigenvalue weighted by Crippen LogP contribution is 2.35. The Morgan fingerprint density at radius 2 is 1.91 bits per heavy atom.